The number of unbranched alkanes of at least 4 members (excludes halogenated alkanes) is 1. The van der Waals surface area contributed by atoms with E-state index in [0.717, 1.165) is 24.7 Å². The maximum atomic E-state index is 5.23. The van der Waals surface area contributed by atoms with Crippen molar-refractivity contribution in [2.24, 2.45) is 11.8 Å². The maximum absolute atomic E-state index is 5.23. The first-order valence-electron chi connectivity index (χ1n) is 5.38. The Labute approximate surface area is 82.5 Å². The average Bonchev–Trinajstić information content (AvgIpc) is 2.03. The van der Waals surface area contributed by atoms with Crippen molar-refractivity contribution in [1.82, 2.24) is 4.90 Å². The molecule has 2 unspecified atom stereocenters. The molecule has 0 aromatic rings. The molecule has 1 aliphatic heterocycles. The predicted octanol–water partition coefficient (Wildman–Crippen LogP) is 2.38. The Bertz CT molecular complexity index is 170. The molecule has 1 heterocycles. The van der Waals surface area contributed by atoms with Gasteiger partial charge in [-0.2, -0.15) is 0 Å². The van der Waals surface area contributed by atoms with Crippen molar-refractivity contribution in [2.45, 2.75) is 33.1 Å². The lowest BCUT2D eigenvalue weighted by atomic mass is 9.92. The highest BCUT2D eigenvalue weighted by Gasteiger charge is 2.20. The van der Waals surface area contributed by atoms with Crippen molar-refractivity contribution in [2.75, 3.05) is 19.6 Å². The van der Waals surface area contributed by atoms with Crippen LogP contribution in [0.2, 0.25) is 0 Å². The minimum atomic E-state index is 0.870. The third kappa shape index (κ3) is 3.83. The number of terminal acetylenes is 1. The molecule has 74 valence electrons. The summed E-state index contributed by atoms with van der Waals surface area (Å²) in [5.41, 5.74) is 0. The molecule has 0 spiro atoms. The molecule has 13 heavy (non-hydrogen) atoms. The maximum Gasteiger partial charge on any atom is 0.00982 e. The van der Waals surface area contributed by atoms with Crippen LogP contribution in [0.25, 0.3) is 0 Å². The van der Waals surface area contributed by atoms with Crippen LogP contribution in [0.3, 0.4) is 0 Å². The Morgan fingerprint density at radius 3 is 2.46 bits per heavy atom. The molecule has 1 aliphatic rings. The van der Waals surface area contributed by atoms with Crippen LogP contribution in [0, 0.1) is 24.2 Å². The number of likely N-dealkylation sites (tertiary alicyclic amines) is 1. The number of hydrogen-bond acceptors (Lipinski definition) is 1. The Morgan fingerprint density at radius 2 is 1.92 bits per heavy atom. The molecule has 1 heteroatoms. The Morgan fingerprint density at radius 1 is 1.31 bits per heavy atom. The SMILES string of the molecule is C#CCCCN1CC(C)CC(C)C1. The summed E-state index contributed by atoms with van der Waals surface area (Å²) in [7, 11) is 0. The van der Waals surface area contributed by atoms with Gasteiger partial charge in [-0.25, -0.2) is 0 Å². The molecule has 0 saturated carbocycles. The lowest BCUT2D eigenvalue weighted by molar-refractivity contribution is 0.140. The fraction of sp³-hybridized carbons (Fsp3) is 0.833. The summed E-state index contributed by atoms with van der Waals surface area (Å²) in [4.78, 5) is 2.57. The van der Waals surface area contributed by atoms with E-state index in [0.29, 0.717) is 0 Å². The minimum absolute atomic E-state index is 0.870. The summed E-state index contributed by atoms with van der Waals surface area (Å²) in [5.74, 6) is 4.44. The number of rotatable bonds is 3. The van der Waals surface area contributed by atoms with Crippen LogP contribution in [-0.4, -0.2) is 24.5 Å². The van der Waals surface area contributed by atoms with E-state index in [2.05, 4.69) is 24.7 Å². The largest absolute Gasteiger partial charge is 0.303 e. The van der Waals surface area contributed by atoms with Crippen molar-refractivity contribution in [3.05, 3.63) is 0 Å². The van der Waals surface area contributed by atoms with E-state index >= 15 is 0 Å². The first-order valence-corrected chi connectivity index (χ1v) is 5.38. The van der Waals surface area contributed by atoms with E-state index in [1.807, 2.05) is 0 Å². The normalized spacial score (nSPS) is 29.9. The molecule has 1 rings (SSSR count). The fourth-order valence-corrected chi connectivity index (χ4v) is 2.38. The second-order valence-electron chi connectivity index (χ2n) is 4.51. The van der Waals surface area contributed by atoms with Crippen LogP contribution in [0.1, 0.15) is 33.1 Å². The van der Waals surface area contributed by atoms with Crippen LogP contribution in [0.5, 0.6) is 0 Å². The standard InChI is InChI=1S/C12H21N/c1-4-5-6-7-13-9-11(2)8-12(3)10-13/h1,11-12H,5-10H2,2-3H3. The molecule has 2 atom stereocenters. The monoisotopic (exact) mass is 179 g/mol. The fourth-order valence-electron chi connectivity index (χ4n) is 2.38. The van der Waals surface area contributed by atoms with Gasteiger partial charge in [0.2, 0.25) is 0 Å². The van der Waals surface area contributed by atoms with Crippen LogP contribution in [0.4, 0.5) is 0 Å². The van der Waals surface area contributed by atoms with Crippen molar-refractivity contribution < 1.29 is 0 Å². The van der Waals surface area contributed by atoms with Crippen LogP contribution >= 0.6 is 0 Å². The van der Waals surface area contributed by atoms with Crippen LogP contribution < -0.4 is 0 Å². The van der Waals surface area contributed by atoms with Gasteiger partial charge < -0.3 is 4.90 Å². The summed E-state index contributed by atoms with van der Waals surface area (Å²) < 4.78 is 0. The molecule has 0 bridgehead atoms. The highest BCUT2D eigenvalue weighted by atomic mass is 15.1. The second-order valence-corrected chi connectivity index (χ2v) is 4.51. The topological polar surface area (TPSA) is 3.24 Å². The van der Waals surface area contributed by atoms with Crippen molar-refractivity contribution >= 4 is 0 Å². The van der Waals surface area contributed by atoms with Crippen LogP contribution in [0.15, 0.2) is 0 Å². The molecule has 1 saturated heterocycles. The van der Waals surface area contributed by atoms with E-state index in [1.54, 1.807) is 0 Å². The number of nitrogens with zero attached hydrogens (tertiary/aromatic N) is 1. The molecular formula is C12H21N. The number of piperidine rings is 1. The van der Waals surface area contributed by atoms with Crippen molar-refractivity contribution in [3.63, 3.8) is 0 Å². The smallest absolute Gasteiger partial charge is 0.00982 e. The quantitative estimate of drug-likeness (QED) is 0.475. The molecule has 1 nitrogen and oxygen atoms in total. The third-order valence-corrected chi connectivity index (χ3v) is 2.74. The Balaban J connectivity index is 2.22. The molecule has 0 amide bonds. The van der Waals surface area contributed by atoms with Gasteiger partial charge in [-0.15, -0.1) is 12.3 Å². The Kier molecular flexibility index (Phi) is 4.32. The zero-order valence-corrected chi connectivity index (χ0v) is 8.92. The average molecular weight is 179 g/mol. The molecule has 1 fully saturated rings. The van der Waals surface area contributed by atoms with E-state index in [1.165, 1.54) is 26.1 Å². The molecule has 0 aromatic carbocycles. The lowest BCUT2D eigenvalue weighted by Crippen LogP contribution is -2.39. The van der Waals surface area contributed by atoms with Gasteiger partial charge in [0.05, 0.1) is 0 Å². The van der Waals surface area contributed by atoms with Gasteiger partial charge in [-0.1, -0.05) is 13.8 Å². The van der Waals surface area contributed by atoms with Gasteiger partial charge in [0, 0.05) is 19.5 Å². The van der Waals surface area contributed by atoms with Crippen LogP contribution in [-0.2, 0) is 0 Å². The molecule has 0 N–H and O–H groups in total. The third-order valence-electron chi connectivity index (χ3n) is 2.74. The first-order chi connectivity index (χ1) is 6.22. The lowest BCUT2D eigenvalue weighted by Gasteiger charge is -2.34. The summed E-state index contributed by atoms with van der Waals surface area (Å²) >= 11 is 0. The van der Waals surface area contributed by atoms with Gasteiger partial charge in [-0.05, 0) is 31.2 Å². The van der Waals surface area contributed by atoms with Gasteiger partial charge in [-0.3, -0.25) is 0 Å². The van der Waals surface area contributed by atoms with E-state index in [9.17, 15) is 0 Å². The molecule has 0 aliphatic carbocycles. The highest BCUT2D eigenvalue weighted by Crippen LogP contribution is 2.20. The van der Waals surface area contributed by atoms with Gasteiger partial charge in [0.15, 0.2) is 0 Å². The van der Waals surface area contributed by atoms with Gasteiger partial charge in [0.1, 0.15) is 0 Å². The summed E-state index contributed by atoms with van der Waals surface area (Å²) in [5, 5.41) is 0. The van der Waals surface area contributed by atoms with Crippen molar-refractivity contribution in [1.29, 1.82) is 0 Å². The van der Waals surface area contributed by atoms with Gasteiger partial charge >= 0.3 is 0 Å². The van der Waals surface area contributed by atoms with E-state index < -0.39 is 0 Å². The van der Waals surface area contributed by atoms with E-state index in [-0.39, 0.29) is 0 Å². The summed E-state index contributed by atoms with van der Waals surface area (Å²) in [6.07, 6.45) is 8.72. The van der Waals surface area contributed by atoms with E-state index in [4.69, 9.17) is 6.42 Å². The zero-order valence-electron chi connectivity index (χ0n) is 8.92. The minimum Gasteiger partial charge on any atom is -0.303 e. The zero-order chi connectivity index (χ0) is 9.68. The highest BCUT2D eigenvalue weighted by molar-refractivity contribution is 4.84. The molecule has 0 aromatic heterocycles. The molecular weight excluding hydrogens is 158 g/mol. The van der Waals surface area contributed by atoms with Gasteiger partial charge in [0.25, 0.3) is 0 Å². The molecule has 0 radical (unpaired) electrons. The summed E-state index contributed by atoms with van der Waals surface area (Å²) in [6, 6.07) is 0. The first kappa shape index (κ1) is 10.6. The van der Waals surface area contributed by atoms with Crippen molar-refractivity contribution in [3.8, 4) is 12.3 Å². The second kappa shape index (κ2) is 5.29. The predicted molar refractivity (Wildman–Crippen MR) is 57.5 cm³/mol. The Hall–Kier alpha value is -0.480. The number of hydrogen-bond donors (Lipinski definition) is 0. The summed E-state index contributed by atoms with van der Waals surface area (Å²) in [6.45, 7) is 8.44.